The Bertz CT molecular complexity index is 545. The average Bonchev–Trinajstić information content (AvgIpc) is 2.57. The molecule has 6 heteroatoms. The van der Waals surface area contributed by atoms with Crippen LogP contribution in [0.1, 0.15) is 11.3 Å². The van der Waals surface area contributed by atoms with Gasteiger partial charge in [0.1, 0.15) is 5.69 Å². The van der Waals surface area contributed by atoms with Gasteiger partial charge in [-0.25, -0.2) is 0 Å². The first-order chi connectivity index (χ1) is 7.93. The summed E-state index contributed by atoms with van der Waals surface area (Å²) in [5, 5.41) is 0.567. The fourth-order valence-electron chi connectivity index (χ4n) is 1.87. The zero-order valence-electron chi connectivity index (χ0n) is 8.74. The molecule has 0 unspecified atom stereocenters. The van der Waals surface area contributed by atoms with Crippen molar-refractivity contribution in [1.29, 1.82) is 0 Å². The monoisotopic (exact) mass is 306 g/mol. The molecular formula is C11H10BrF3N2. The number of nitrogens with two attached hydrogens (primary N) is 1. The molecule has 0 radical (unpaired) electrons. The summed E-state index contributed by atoms with van der Waals surface area (Å²) in [5.74, 6) is 0. The van der Waals surface area contributed by atoms with Gasteiger partial charge in [0, 0.05) is 15.4 Å². The minimum absolute atomic E-state index is 0.183. The Morgan fingerprint density at radius 1 is 1.29 bits per heavy atom. The molecule has 92 valence electrons. The molecule has 2 nitrogen and oxygen atoms in total. The lowest BCUT2D eigenvalue weighted by atomic mass is 10.1. The van der Waals surface area contributed by atoms with E-state index in [1.807, 2.05) is 0 Å². The van der Waals surface area contributed by atoms with Crippen LogP contribution in [-0.4, -0.2) is 11.5 Å². The summed E-state index contributed by atoms with van der Waals surface area (Å²) in [6.07, 6.45) is -4.18. The molecule has 0 fully saturated rings. The zero-order valence-corrected chi connectivity index (χ0v) is 10.3. The molecule has 0 atom stereocenters. The molecule has 0 aliphatic rings. The second-order valence-electron chi connectivity index (χ2n) is 3.70. The van der Waals surface area contributed by atoms with Crippen LogP contribution >= 0.6 is 15.9 Å². The number of H-pyrrole nitrogens is 1. The highest BCUT2D eigenvalue weighted by Crippen LogP contribution is 2.36. The number of nitrogens with one attached hydrogen (secondary N) is 1. The number of hydrogen-bond donors (Lipinski definition) is 2. The smallest absolute Gasteiger partial charge is 0.351 e. The van der Waals surface area contributed by atoms with Gasteiger partial charge in [0.15, 0.2) is 0 Å². The van der Waals surface area contributed by atoms with E-state index < -0.39 is 11.9 Å². The molecule has 17 heavy (non-hydrogen) atoms. The largest absolute Gasteiger partial charge is 0.431 e. The van der Waals surface area contributed by atoms with Gasteiger partial charge in [-0.15, -0.1) is 0 Å². The predicted octanol–water partition coefficient (Wildman–Crippen LogP) is 3.45. The van der Waals surface area contributed by atoms with Gasteiger partial charge in [0.25, 0.3) is 0 Å². The highest BCUT2D eigenvalue weighted by molar-refractivity contribution is 9.10. The van der Waals surface area contributed by atoms with Gasteiger partial charge < -0.3 is 10.7 Å². The van der Waals surface area contributed by atoms with Crippen LogP contribution in [0.15, 0.2) is 22.7 Å². The molecule has 0 bridgehead atoms. The first-order valence-corrected chi connectivity index (χ1v) is 5.80. The number of aromatic amines is 1. The Balaban J connectivity index is 2.71. The van der Waals surface area contributed by atoms with Crippen LogP contribution in [0.5, 0.6) is 0 Å². The van der Waals surface area contributed by atoms with E-state index in [4.69, 9.17) is 5.73 Å². The van der Waals surface area contributed by atoms with E-state index in [1.54, 1.807) is 18.2 Å². The third kappa shape index (κ3) is 2.32. The van der Waals surface area contributed by atoms with Crippen molar-refractivity contribution in [3.8, 4) is 0 Å². The highest BCUT2D eigenvalue weighted by atomic mass is 79.9. The second kappa shape index (κ2) is 4.34. The second-order valence-corrected chi connectivity index (χ2v) is 4.62. The van der Waals surface area contributed by atoms with Crippen LogP contribution in [-0.2, 0) is 12.6 Å². The van der Waals surface area contributed by atoms with Crippen LogP contribution in [0.2, 0.25) is 0 Å². The standard InChI is InChI=1S/C11H10BrF3N2/c12-6-1-2-9-8(5-6)7(3-4-16)10(17-9)11(13,14)15/h1-2,5,17H,3-4,16H2. The Morgan fingerprint density at radius 2 is 2.00 bits per heavy atom. The Labute approximate surface area is 104 Å². The van der Waals surface area contributed by atoms with Gasteiger partial charge in [-0.05, 0) is 36.7 Å². The van der Waals surface area contributed by atoms with Gasteiger partial charge >= 0.3 is 6.18 Å². The van der Waals surface area contributed by atoms with Crippen molar-refractivity contribution in [3.05, 3.63) is 33.9 Å². The quantitative estimate of drug-likeness (QED) is 0.876. The number of rotatable bonds is 2. The van der Waals surface area contributed by atoms with Crippen molar-refractivity contribution in [2.75, 3.05) is 6.54 Å². The first-order valence-electron chi connectivity index (χ1n) is 5.01. The third-order valence-electron chi connectivity index (χ3n) is 2.55. The molecule has 0 saturated heterocycles. The molecule has 1 heterocycles. The molecule has 2 rings (SSSR count). The van der Waals surface area contributed by atoms with E-state index >= 15 is 0 Å². The molecule has 0 saturated carbocycles. The van der Waals surface area contributed by atoms with E-state index in [0.29, 0.717) is 10.9 Å². The van der Waals surface area contributed by atoms with Crippen molar-refractivity contribution in [1.82, 2.24) is 4.98 Å². The van der Waals surface area contributed by atoms with Gasteiger partial charge in [0.05, 0.1) is 0 Å². The predicted molar refractivity (Wildman–Crippen MR) is 63.8 cm³/mol. The lowest BCUT2D eigenvalue weighted by Gasteiger charge is -2.07. The normalized spacial score (nSPS) is 12.3. The first kappa shape index (κ1) is 12.4. The van der Waals surface area contributed by atoms with E-state index in [9.17, 15) is 13.2 Å². The number of halogens is 4. The van der Waals surface area contributed by atoms with Crippen molar-refractivity contribution in [2.45, 2.75) is 12.6 Å². The lowest BCUT2D eigenvalue weighted by Crippen LogP contribution is -2.11. The highest BCUT2D eigenvalue weighted by Gasteiger charge is 2.35. The summed E-state index contributed by atoms with van der Waals surface area (Å²) in [7, 11) is 0. The van der Waals surface area contributed by atoms with E-state index in [-0.39, 0.29) is 18.5 Å². The summed E-state index contributed by atoms with van der Waals surface area (Å²) >= 11 is 3.25. The summed E-state index contributed by atoms with van der Waals surface area (Å²) < 4.78 is 39.2. The summed E-state index contributed by atoms with van der Waals surface area (Å²) in [6.45, 7) is 0.183. The summed E-state index contributed by atoms with van der Waals surface area (Å²) in [4.78, 5) is 2.41. The maximum atomic E-state index is 12.8. The average molecular weight is 307 g/mol. The van der Waals surface area contributed by atoms with Gasteiger partial charge in [0.2, 0.25) is 0 Å². The molecule has 0 amide bonds. The van der Waals surface area contributed by atoms with Crippen LogP contribution in [0, 0.1) is 0 Å². The van der Waals surface area contributed by atoms with Crippen LogP contribution in [0.4, 0.5) is 13.2 Å². The van der Waals surface area contributed by atoms with Crippen molar-refractivity contribution in [2.24, 2.45) is 5.73 Å². The summed E-state index contributed by atoms with van der Waals surface area (Å²) in [5.41, 5.74) is 5.38. The number of alkyl halides is 3. The molecule has 1 aromatic carbocycles. The van der Waals surface area contributed by atoms with Gasteiger partial charge in [-0.3, -0.25) is 0 Å². The van der Waals surface area contributed by atoms with E-state index in [2.05, 4.69) is 20.9 Å². The van der Waals surface area contributed by atoms with Crippen molar-refractivity contribution >= 4 is 26.8 Å². The number of hydrogen-bond acceptors (Lipinski definition) is 1. The van der Waals surface area contributed by atoms with Gasteiger partial charge in [-0.1, -0.05) is 15.9 Å². The summed E-state index contributed by atoms with van der Waals surface area (Å²) in [6, 6.07) is 4.99. The maximum absolute atomic E-state index is 12.8. The van der Waals surface area contributed by atoms with E-state index in [0.717, 1.165) is 4.47 Å². The van der Waals surface area contributed by atoms with Gasteiger partial charge in [-0.2, -0.15) is 13.2 Å². The number of fused-ring (bicyclic) bond motifs is 1. The van der Waals surface area contributed by atoms with Crippen molar-refractivity contribution < 1.29 is 13.2 Å². The fraction of sp³-hybridized carbons (Fsp3) is 0.273. The zero-order chi connectivity index (χ0) is 12.6. The molecular weight excluding hydrogens is 297 g/mol. The van der Waals surface area contributed by atoms with Crippen molar-refractivity contribution in [3.63, 3.8) is 0 Å². The van der Waals surface area contributed by atoms with E-state index in [1.165, 1.54) is 0 Å². The fourth-order valence-corrected chi connectivity index (χ4v) is 2.23. The third-order valence-corrected chi connectivity index (χ3v) is 3.04. The maximum Gasteiger partial charge on any atom is 0.431 e. The Kier molecular flexibility index (Phi) is 3.18. The van der Waals surface area contributed by atoms with Crippen LogP contribution < -0.4 is 5.73 Å². The minimum Gasteiger partial charge on any atom is -0.351 e. The molecule has 3 N–H and O–H groups in total. The Morgan fingerprint density at radius 3 is 2.59 bits per heavy atom. The SMILES string of the molecule is NCCc1c(C(F)(F)F)[nH]c2ccc(Br)cc12. The topological polar surface area (TPSA) is 41.8 Å². The molecule has 0 spiro atoms. The molecule has 0 aliphatic carbocycles. The molecule has 0 aliphatic heterocycles. The minimum atomic E-state index is -4.38. The molecule has 2 aromatic rings. The number of aromatic nitrogens is 1. The number of benzene rings is 1. The lowest BCUT2D eigenvalue weighted by molar-refractivity contribution is -0.141. The van der Waals surface area contributed by atoms with Crippen LogP contribution in [0.25, 0.3) is 10.9 Å². The molecule has 1 aromatic heterocycles. The Hall–Kier alpha value is -1.01. The van der Waals surface area contributed by atoms with Crippen LogP contribution in [0.3, 0.4) is 0 Å².